The molecule has 262 valence electrons. The molecule has 4 aromatic rings. The molecule has 0 aromatic heterocycles. The molecule has 50 heavy (non-hydrogen) atoms. The first-order valence-corrected chi connectivity index (χ1v) is 18.9. The predicted molar refractivity (Wildman–Crippen MR) is 194 cm³/mol. The molecule has 1 N–H and O–H groups in total. The Balaban J connectivity index is 1.43. The molecule has 0 bridgehead atoms. The van der Waals surface area contributed by atoms with E-state index >= 15 is 0 Å². The van der Waals surface area contributed by atoms with Crippen LogP contribution >= 0.6 is 23.2 Å². The van der Waals surface area contributed by atoms with Crippen molar-refractivity contribution >= 4 is 50.7 Å². The number of halogens is 2. The van der Waals surface area contributed by atoms with Gasteiger partial charge in [0, 0.05) is 40.7 Å². The van der Waals surface area contributed by atoms with Gasteiger partial charge in [-0.05, 0) is 54.8 Å². The first-order chi connectivity index (χ1) is 24.2. The minimum absolute atomic E-state index is 0.000681. The number of sulfonamides is 1. The van der Waals surface area contributed by atoms with Gasteiger partial charge in [0.2, 0.25) is 11.8 Å². The Labute approximate surface area is 303 Å². The van der Waals surface area contributed by atoms with Crippen LogP contribution in [-0.4, -0.2) is 57.0 Å². The third kappa shape index (κ3) is 8.37. The fourth-order valence-electron chi connectivity index (χ4n) is 6.39. The largest absolute Gasteiger partial charge is 0.486 e. The molecule has 9 nitrogen and oxygen atoms in total. The van der Waals surface area contributed by atoms with Crippen molar-refractivity contribution in [2.75, 3.05) is 24.1 Å². The van der Waals surface area contributed by atoms with E-state index in [-0.39, 0.29) is 35.5 Å². The third-order valence-electron chi connectivity index (χ3n) is 9.04. The highest BCUT2D eigenvalue weighted by molar-refractivity contribution is 7.92. The van der Waals surface area contributed by atoms with Crippen LogP contribution in [0.15, 0.2) is 102 Å². The lowest BCUT2D eigenvalue weighted by Gasteiger charge is -2.35. The van der Waals surface area contributed by atoms with E-state index in [0.29, 0.717) is 40.3 Å². The molecule has 1 fully saturated rings. The van der Waals surface area contributed by atoms with Crippen LogP contribution in [0.25, 0.3) is 0 Å². The van der Waals surface area contributed by atoms with Gasteiger partial charge in [-0.2, -0.15) is 0 Å². The zero-order chi connectivity index (χ0) is 35.1. The summed E-state index contributed by atoms with van der Waals surface area (Å²) in [5.41, 5.74) is 1.48. The third-order valence-corrected chi connectivity index (χ3v) is 11.5. The Morgan fingerprint density at radius 1 is 0.800 bits per heavy atom. The van der Waals surface area contributed by atoms with Crippen LogP contribution in [0.3, 0.4) is 0 Å². The van der Waals surface area contributed by atoms with Gasteiger partial charge in [0.25, 0.3) is 10.0 Å². The van der Waals surface area contributed by atoms with E-state index in [1.165, 1.54) is 17.0 Å². The maximum atomic E-state index is 14.8. The second kappa shape index (κ2) is 16.2. The Bertz CT molecular complexity index is 1890. The molecule has 2 amide bonds. The highest BCUT2D eigenvalue weighted by atomic mass is 35.5. The Morgan fingerprint density at radius 3 is 2.12 bits per heavy atom. The summed E-state index contributed by atoms with van der Waals surface area (Å²) in [7, 11) is -4.29. The van der Waals surface area contributed by atoms with Gasteiger partial charge in [0.15, 0.2) is 11.5 Å². The van der Waals surface area contributed by atoms with E-state index in [1.54, 1.807) is 54.6 Å². The maximum absolute atomic E-state index is 14.8. The molecule has 1 heterocycles. The summed E-state index contributed by atoms with van der Waals surface area (Å²) in [4.78, 5) is 30.6. The van der Waals surface area contributed by atoms with Crippen LogP contribution < -0.4 is 19.1 Å². The Morgan fingerprint density at radius 2 is 1.44 bits per heavy atom. The zero-order valence-corrected chi connectivity index (χ0v) is 29.8. The fourth-order valence-corrected chi connectivity index (χ4v) is 8.33. The van der Waals surface area contributed by atoms with Gasteiger partial charge < -0.3 is 19.7 Å². The number of ether oxygens (including phenoxy) is 2. The number of carbonyl (C=O) groups excluding carboxylic acids is 2. The molecule has 0 unspecified atom stereocenters. The van der Waals surface area contributed by atoms with E-state index in [1.807, 2.05) is 30.3 Å². The summed E-state index contributed by atoms with van der Waals surface area (Å²) < 4.78 is 41.2. The van der Waals surface area contributed by atoms with Crippen molar-refractivity contribution in [1.29, 1.82) is 0 Å². The van der Waals surface area contributed by atoms with E-state index < -0.39 is 28.5 Å². The number of amides is 2. The van der Waals surface area contributed by atoms with Crippen molar-refractivity contribution < 1.29 is 27.5 Å². The molecule has 1 atom stereocenters. The second-order valence-electron chi connectivity index (χ2n) is 12.4. The number of carbonyl (C=O) groups is 2. The van der Waals surface area contributed by atoms with Crippen LogP contribution in [0.4, 0.5) is 5.69 Å². The topological polar surface area (TPSA) is 105 Å². The minimum Gasteiger partial charge on any atom is -0.486 e. The molecule has 4 aromatic carbocycles. The van der Waals surface area contributed by atoms with Crippen LogP contribution in [0, 0.1) is 0 Å². The monoisotopic (exact) mass is 735 g/mol. The van der Waals surface area contributed by atoms with Crippen molar-refractivity contribution in [3.05, 3.63) is 118 Å². The number of fused-ring (bicyclic) bond motifs is 1. The van der Waals surface area contributed by atoms with Crippen LogP contribution in [0.2, 0.25) is 10.0 Å². The van der Waals surface area contributed by atoms with Crippen molar-refractivity contribution in [2.45, 2.75) is 62.0 Å². The number of hydrogen-bond donors (Lipinski definition) is 1. The highest BCUT2D eigenvalue weighted by Gasteiger charge is 2.36. The summed E-state index contributed by atoms with van der Waals surface area (Å²) in [6.45, 7) is -0.0964. The summed E-state index contributed by atoms with van der Waals surface area (Å²) in [5, 5.41) is 3.85. The van der Waals surface area contributed by atoms with Gasteiger partial charge >= 0.3 is 0 Å². The van der Waals surface area contributed by atoms with Crippen LogP contribution in [0.1, 0.15) is 43.2 Å². The van der Waals surface area contributed by atoms with E-state index in [4.69, 9.17) is 32.7 Å². The first kappa shape index (κ1) is 35.6. The molecular weight excluding hydrogens is 697 g/mol. The maximum Gasteiger partial charge on any atom is 0.264 e. The number of nitrogens with one attached hydrogen (secondary N) is 1. The number of rotatable bonds is 12. The van der Waals surface area contributed by atoms with Gasteiger partial charge in [0.05, 0.1) is 10.6 Å². The average molecular weight is 737 g/mol. The fraction of sp³-hybridized carbons (Fsp3) is 0.316. The standard InChI is InChI=1S/C38H39Cl2N3O6S/c39-32-17-10-18-33(40)31(32)25-42(34(23-27-11-4-1-5-12-27)38(45)41-28-13-6-2-7-14-28)37(44)26-43(50(46,47)30-15-8-3-9-16-30)29-19-20-35-36(24-29)49-22-21-48-35/h1,3-5,8-12,15-20,24,28,34H,2,6-7,13-14,21-23,25-26H2,(H,41,45)/t34-/m0/s1. The smallest absolute Gasteiger partial charge is 0.264 e. The Hall–Kier alpha value is -4.25. The molecule has 6 rings (SSSR count). The minimum atomic E-state index is -4.29. The molecular formula is C38H39Cl2N3O6S. The second-order valence-corrected chi connectivity index (χ2v) is 15.1. The van der Waals surface area contributed by atoms with Crippen molar-refractivity contribution in [3.8, 4) is 11.5 Å². The predicted octanol–water partition coefficient (Wildman–Crippen LogP) is 7.05. The lowest BCUT2D eigenvalue weighted by atomic mass is 9.94. The lowest BCUT2D eigenvalue weighted by molar-refractivity contribution is -0.140. The number of benzene rings is 4. The van der Waals surface area contributed by atoms with E-state index in [0.717, 1.165) is 42.0 Å². The number of anilines is 1. The van der Waals surface area contributed by atoms with E-state index in [2.05, 4.69) is 5.32 Å². The quantitative estimate of drug-likeness (QED) is 0.167. The number of hydrogen-bond acceptors (Lipinski definition) is 6. The van der Waals surface area contributed by atoms with E-state index in [9.17, 15) is 18.0 Å². The van der Waals surface area contributed by atoms with Gasteiger partial charge in [-0.3, -0.25) is 13.9 Å². The number of nitrogens with zero attached hydrogens (tertiary/aromatic N) is 2. The SMILES string of the molecule is O=C(NC1CCCCC1)[C@H](Cc1ccccc1)N(Cc1c(Cl)cccc1Cl)C(=O)CN(c1ccc2c(c1)OCCO2)S(=O)(=O)c1ccccc1. The summed E-state index contributed by atoms with van der Waals surface area (Å²) in [6, 6.07) is 26.1. The molecule has 1 aliphatic heterocycles. The molecule has 1 aliphatic carbocycles. The molecule has 0 saturated heterocycles. The normalized spacial score (nSPS) is 15.2. The molecule has 12 heteroatoms. The summed E-state index contributed by atoms with van der Waals surface area (Å²) >= 11 is 13.3. The van der Waals surface area contributed by atoms with Gasteiger partial charge in [-0.1, -0.05) is 97.1 Å². The molecule has 0 radical (unpaired) electrons. The van der Waals surface area contributed by atoms with Gasteiger partial charge in [0.1, 0.15) is 25.8 Å². The van der Waals surface area contributed by atoms with Crippen LogP contribution in [0.5, 0.6) is 11.5 Å². The average Bonchev–Trinajstić information content (AvgIpc) is 3.14. The van der Waals surface area contributed by atoms with Crippen molar-refractivity contribution in [2.24, 2.45) is 0 Å². The zero-order valence-electron chi connectivity index (χ0n) is 27.5. The van der Waals surface area contributed by atoms with Gasteiger partial charge in [-0.15, -0.1) is 0 Å². The molecule has 1 saturated carbocycles. The van der Waals surface area contributed by atoms with Crippen LogP contribution in [-0.2, 0) is 32.6 Å². The summed E-state index contributed by atoms with van der Waals surface area (Å²) in [5.74, 6) is -0.104. The highest BCUT2D eigenvalue weighted by Crippen LogP contribution is 2.36. The summed E-state index contributed by atoms with van der Waals surface area (Å²) in [6.07, 6.45) is 5.01. The molecule has 2 aliphatic rings. The van der Waals surface area contributed by atoms with Gasteiger partial charge in [-0.25, -0.2) is 8.42 Å². The van der Waals surface area contributed by atoms with Crippen molar-refractivity contribution in [1.82, 2.24) is 10.2 Å². The lowest BCUT2D eigenvalue weighted by Crippen LogP contribution is -2.55. The molecule has 0 spiro atoms. The Kier molecular flexibility index (Phi) is 11.5. The first-order valence-electron chi connectivity index (χ1n) is 16.7. The van der Waals surface area contributed by atoms with Crippen molar-refractivity contribution in [3.63, 3.8) is 0 Å².